The lowest BCUT2D eigenvalue weighted by Gasteiger charge is -2.29. The van der Waals surface area contributed by atoms with Crippen molar-refractivity contribution in [2.24, 2.45) is 0 Å². The lowest BCUT2D eigenvalue weighted by Crippen LogP contribution is -2.41. The van der Waals surface area contributed by atoms with Crippen LogP contribution < -0.4 is 0 Å². The number of nitrogens with zero attached hydrogens (tertiary/aromatic N) is 1. The molecule has 1 rings (SSSR count). The van der Waals surface area contributed by atoms with Gasteiger partial charge in [-0.25, -0.2) is 8.42 Å². The maximum absolute atomic E-state index is 11.4. The molecule has 0 bridgehead atoms. The second-order valence-corrected chi connectivity index (χ2v) is 6.84. The summed E-state index contributed by atoms with van der Waals surface area (Å²) in [6.07, 6.45) is 2.10. The standard InChI is InChI=1S/C11H23NO3S/c1-3-6-12(8-11(13)4-2)10-5-7-16(14,15)9-10/h10-11,13H,3-9H2,1-2H3. The minimum Gasteiger partial charge on any atom is -0.392 e. The molecular formula is C11H23NO3S. The lowest BCUT2D eigenvalue weighted by atomic mass is 10.1. The van der Waals surface area contributed by atoms with Gasteiger partial charge in [-0.1, -0.05) is 13.8 Å². The van der Waals surface area contributed by atoms with Crippen LogP contribution in [0.2, 0.25) is 0 Å². The van der Waals surface area contributed by atoms with Gasteiger partial charge in [-0.05, 0) is 25.8 Å². The lowest BCUT2D eigenvalue weighted by molar-refractivity contribution is 0.0899. The quantitative estimate of drug-likeness (QED) is 0.751. The average molecular weight is 249 g/mol. The Kier molecular flexibility index (Phi) is 5.21. The van der Waals surface area contributed by atoms with Crippen LogP contribution in [0.3, 0.4) is 0 Å². The Balaban J connectivity index is 2.57. The van der Waals surface area contributed by atoms with Crippen LogP contribution in [0.15, 0.2) is 0 Å². The maximum Gasteiger partial charge on any atom is 0.151 e. The summed E-state index contributed by atoms with van der Waals surface area (Å²) in [5.74, 6) is 0.573. The summed E-state index contributed by atoms with van der Waals surface area (Å²) in [4.78, 5) is 2.14. The van der Waals surface area contributed by atoms with Gasteiger partial charge >= 0.3 is 0 Å². The van der Waals surface area contributed by atoms with Gasteiger partial charge in [-0.15, -0.1) is 0 Å². The van der Waals surface area contributed by atoms with Crippen LogP contribution in [0, 0.1) is 0 Å². The van der Waals surface area contributed by atoms with Gasteiger partial charge in [-0.3, -0.25) is 4.90 Å². The zero-order chi connectivity index (χ0) is 12.2. The number of rotatable bonds is 6. The topological polar surface area (TPSA) is 57.6 Å². The highest BCUT2D eigenvalue weighted by Gasteiger charge is 2.32. The summed E-state index contributed by atoms with van der Waals surface area (Å²) in [7, 11) is -2.82. The van der Waals surface area contributed by atoms with Crippen molar-refractivity contribution in [3.63, 3.8) is 0 Å². The molecule has 1 aliphatic heterocycles. The van der Waals surface area contributed by atoms with Gasteiger partial charge in [-0.2, -0.15) is 0 Å². The van der Waals surface area contributed by atoms with E-state index in [9.17, 15) is 13.5 Å². The van der Waals surface area contributed by atoms with E-state index in [0.29, 0.717) is 12.3 Å². The van der Waals surface area contributed by atoms with Crippen molar-refractivity contribution < 1.29 is 13.5 Å². The van der Waals surface area contributed by atoms with E-state index < -0.39 is 9.84 Å². The van der Waals surface area contributed by atoms with E-state index in [-0.39, 0.29) is 17.9 Å². The van der Waals surface area contributed by atoms with Crippen LogP contribution in [0.5, 0.6) is 0 Å². The van der Waals surface area contributed by atoms with Gasteiger partial charge in [0.05, 0.1) is 17.6 Å². The summed E-state index contributed by atoms with van der Waals surface area (Å²) in [6.45, 7) is 5.50. The molecule has 1 fully saturated rings. The number of sulfone groups is 1. The Morgan fingerprint density at radius 2 is 2.12 bits per heavy atom. The minimum atomic E-state index is -2.82. The van der Waals surface area contributed by atoms with Crippen molar-refractivity contribution in [2.45, 2.75) is 45.3 Å². The van der Waals surface area contributed by atoms with Crippen molar-refractivity contribution in [3.05, 3.63) is 0 Å². The highest BCUT2D eigenvalue weighted by molar-refractivity contribution is 7.91. The van der Waals surface area contributed by atoms with Crippen molar-refractivity contribution in [3.8, 4) is 0 Å². The van der Waals surface area contributed by atoms with E-state index in [0.717, 1.165) is 25.8 Å². The molecule has 1 saturated heterocycles. The molecule has 1 N–H and O–H groups in total. The van der Waals surface area contributed by atoms with E-state index in [1.165, 1.54) is 0 Å². The van der Waals surface area contributed by atoms with Gasteiger partial charge in [0.25, 0.3) is 0 Å². The smallest absolute Gasteiger partial charge is 0.151 e. The third kappa shape index (κ3) is 4.03. The predicted octanol–water partition coefficient (Wildman–Crippen LogP) is 0.656. The first-order chi connectivity index (χ1) is 7.48. The second kappa shape index (κ2) is 5.98. The molecule has 0 spiro atoms. The SMILES string of the molecule is CCCN(CC(O)CC)C1CCS(=O)(=O)C1. The zero-order valence-electron chi connectivity index (χ0n) is 10.2. The molecule has 5 heteroatoms. The molecule has 0 aromatic heterocycles. The van der Waals surface area contributed by atoms with E-state index in [2.05, 4.69) is 11.8 Å². The molecule has 0 aromatic carbocycles. The second-order valence-electron chi connectivity index (χ2n) is 4.61. The largest absolute Gasteiger partial charge is 0.392 e. The van der Waals surface area contributed by atoms with Crippen LogP contribution in [-0.4, -0.2) is 55.2 Å². The Morgan fingerprint density at radius 1 is 1.44 bits per heavy atom. The summed E-state index contributed by atoms with van der Waals surface area (Å²) in [5.41, 5.74) is 0. The van der Waals surface area contributed by atoms with E-state index in [4.69, 9.17) is 0 Å². The number of aliphatic hydroxyl groups is 1. The fraction of sp³-hybridized carbons (Fsp3) is 1.00. The van der Waals surface area contributed by atoms with Crippen molar-refractivity contribution in [2.75, 3.05) is 24.6 Å². The normalized spacial score (nSPS) is 26.1. The van der Waals surface area contributed by atoms with Gasteiger partial charge in [0, 0.05) is 12.6 Å². The molecule has 1 heterocycles. The molecule has 2 unspecified atom stereocenters. The van der Waals surface area contributed by atoms with Crippen LogP contribution in [-0.2, 0) is 9.84 Å². The Morgan fingerprint density at radius 3 is 2.56 bits per heavy atom. The Bertz CT molecular complexity index is 302. The average Bonchev–Trinajstić information content (AvgIpc) is 2.58. The highest BCUT2D eigenvalue weighted by atomic mass is 32.2. The van der Waals surface area contributed by atoms with Crippen molar-refractivity contribution in [1.29, 1.82) is 0 Å². The highest BCUT2D eigenvalue weighted by Crippen LogP contribution is 2.18. The molecular weight excluding hydrogens is 226 g/mol. The Labute approximate surface area is 98.6 Å². The first-order valence-corrected chi connectivity index (χ1v) is 7.93. The molecule has 2 atom stereocenters. The molecule has 1 aliphatic rings. The van der Waals surface area contributed by atoms with Gasteiger partial charge in [0.15, 0.2) is 9.84 Å². The van der Waals surface area contributed by atoms with Gasteiger partial charge in [0.2, 0.25) is 0 Å². The van der Waals surface area contributed by atoms with Crippen LogP contribution in [0.25, 0.3) is 0 Å². The van der Waals surface area contributed by atoms with Crippen LogP contribution in [0.1, 0.15) is 33.1 Å². The van der Waals surface area contributed by atoms with Crippen molar-refractivity contribution >= 4 is 9.84 Å². The Hall–Kier alpha value is -0.130. The molecule has 16 heavy (non-hydrogen) atoms. The van der Waals surface area contributed by atoms with Crippen LogP contribution >= 0.6 is 0 Å². The first-order valence-electron chi connectivity index (χ1n) is 6.11. The minimum absolute atomic E-state index is 0.117. The first kappa shape index (κ1) is 13.9. The molecule has 0 saturated carbocycles. The zero-order valence-corrected chi connectivity index (χ0v) is 11.0. The van der Waals surface area contributed by atoms with Gasteiger partial charge in [0.1, 0.15) is 0 Å². The monoisotopic (exact) mass is 249 g/mol. The summed E-state index contributed by atoms with van der Waals surface area (Å²) in [6, 6.07) is 0.117. The summed E-state index contributed by atoms with van der Waals surface area (Å²) >= 11 is 0. The molecule has 0 aromatic rings. The molecule has 0 amide bonds. The summed E-state index contributed by atoms with van der Waals surface area (Å²) < 4.78 is 22.8. The maximum atomic E-state index is 11.4. The van der Waals surface area contributed by atoms with Gasteiger partial charge < -0.3 is 5.11 Å². The van der Waals surface area contributed by atoms with Crippen LogP contribution in [0.4, 0.5) is 0 Å². The van der Waals surface area contributed by atoms with E-state index in [1.807, 2.05) is 6.92 Å². The molecule has 0 aliphatic carbocycles. The molecule has 96 valence electrons. The fourth-order valence-corrected chi connectivity index (χ4v) is 3.93. The molecule has 0 radical (unpaired) electrons. The third-order valence-electron chi connectivity index (χ3n) is 3.15. The number of aliphatic hydroxyl groups excluding tert-OH is 1. The number of hydrogen-bond acceptors (Lipinski definition) is 4. The number of hydrogen-bond donors (Lipinski definition) is 1. The molecule has 4 nitrogen and oxygen atoms in total. The fourth-order valence-electron chi connectivity index (χ4n) is 2.17. The predicted molar refractivity (Wildman–Crippen MR) is 65.2 cm³/mol. The van der Waals surface area contributed by atoms with E-state index in [1.54, 1.807) is 0 Å². The summed E-state index contributed by atoms with van der Waals surface area (Å²) in [5, 5.41) is 9.65. The third-order valence-corrected chi connectivity index (χ3v) is 4.90. The van der Waals surface area contributed by atoms with Crippen molar-refractivity contribution in [1.82, 2.24) is 4.90 Å². The van der Waals surface area contributed by atoms with E-state index >= 15 is 0 Å².